The van der Waals surface area contributed by atoms with E-state index in [0.717, 1.165) is 19.0 Å². The standard InChI is InChI=1S/C12H13BrF3NO/c1-18-11-5-9(12(14,15)16)8(4-10(11)13)7-2-3-17-6-7/h4-5,7,17H,2-3,6H2,1H3. The molecule has 6 heteroatoms. The molecule has 1 atom stereocenters. The molecule has 0 aliphatic carbocycles. The molecule has 100 valence electrons. The molecule has 2 nitrogen and oxygen atoms in total. The predicted octanol–water partition coefficient (Wildman–Crippen LogP) is 3.55. The molecule has 2 rings (SSSR count). The highest BCUT2D eigenvalue weighted by Gasteiger charge is 2.37. The minimum atomic E-state index is -4.36. The van der Waals surface area contributed by atoms with Crippen LogP contribution in [0.25, 0.3) is 0 Å². The maximum absolute atomic E-state index is 13.1. The Morgan fingerprint density at radius 2 is 2.11 bits per heavy atom. The zero-order chi connectivity index (χ0) is 13.3. The van der Waals surface area contributed by atoms with Gasteiger partial charge in [0.1, 0.15) is 5.75 Å². The molecule has 1 saturated heterocycles. The van der Waals surface area contributed by atoms with Crippen LogP contribution >= 0.6 is 15.9 Å². The average molecular weight is 324 g/mol. The fraction of sp³-hybridized carbons (Fsp3) is 0.500. The zero-order valence-electron chi connectivity index (χ0n) is 9.77. The number of ether oxygens (including phenoxy) is 1. The molecule has 1 N–H and O–H groups in total. The van der Waals surface area contributed by atoms with E-state index in [2.05, 4.69) is 21.2 Å². The Balaban J connectivity index is 2.52. The highest BCUT2D eigenvalue weighted by Crippen LogP contribution is 2.41. The normalized spacial score (nSPS) is 20.2. The van der Waals surface area contributed by atoms with Gasteiger partial charge in [0, 0.05) is 6.54 Å². The molecule has 1 aromatic carbocycles. The molecule has 0 bridgehead atoms. The molecule has 1 aliphatic heterocycles. The van der Waals surface area contributed by atoms with Crippen molar-refractivity contribution >= 4 is 15.9 Å². The Hall–Kier alpha value is -0.750. The molecule has 0 aromatic heterocycles. The van der Waals surface area contributed by atoms with Gasteiger partial charge in [-0.3, -0.25) is 0 Å². The maximum Gasteiger partial charge on any atom is 0.416 e. The number of methoxy groups -OCH3 is 1. The Bertz CT molecular complexity index is 442. The first-order valence-corrected chi connectivity index (χ1v) is 6.38. The molecule has 0 radical (unpaired) electrons. The van der Waals surface area contributed by atoms with Crippen LogP contribution in [0.15, 0.2) is 16.6 Å². The molecule has 0 spiro atoms. The van der Waals surface area contributed by atoms with Gasteiger partial charge in [0.25, 0.3) is 0 Å². The lowest BCUT2D eigenvalue weighted by Gasteiger charge is -2.19. The lowest BCUT2D eigenvalue weighted by atomic mass is 9.93. The van der Waals surface area contributed by atoms with Crippen molar-refractivity contribution in [3.63, 3.8) is 0 Å². The summed E-state index contributed by atoms with van der Waals surface area (Å²) in [6.07, 6.45) is -3.63. The monoisotopic (exact) mass is 323 g/mol. The van der Waals surface area contributed by atoms with E-state index in [4.69, 9.17) is 4.74 Å². The van der Waals surface area contributed by atoms with Gasteiger partial charge in [0.05, 0.1) is 17.1 Å². The lowest BCUT2D eigenvalue weighted by molar-refractivity contribution is -0.138. The molecule has 1 aromatic rings. The third-order valence-corrected chi connectivity index (χ3v) is 3.75. The average Bonchev–Trinajstić information content (AvgIpc) is 2.80. The summed E-state index contributed by atoms with van der Waals surface area (Å²) in [5.74, 6) is 0.112. The number of halogens is 4. The number of benzene rings is 1. The van der Waals surface area contributed by atoms with Crippen LogP contribution in [-0.4, -0.2) is 20.2 Å². The van der Waals surface area contributed by atoms with Crippen LogP contribution in [0.2, 0.25) is 0 Å². The van der Waals surface area contributed by atoms with Crippen LogP contribution in [0.4, 0.5) is 13.2 Å². The summed E-state index contributed by atoms with van der Waals surface area (Å²) in [5, 5.41) is 3.08. The van der Waals surface area contributed by atoms with Gasteiger partial charge in [0.2, 0.25) is 0 Å². The van der Waals surface area contributed by atoms with Crippen LogP contribution in [-0.2, 0) is 6.18 Å². The first-order valence-electron chi connectivity index (χ1n) is 5.59. The van der Waals surface area contributed by atoms with Crippen molar-refractivity contribution in [1.82, 2.24) is 5.32 Å². The van der Waals surface area contributed by atoms with Crippen molar-refractivity contribution in [2.24, 2.45) is 0 Å². The van der Waals surface area contributed by atoms with E-state index >= 15 is 0 Å². The Kier molecular flexibility index (Phi) is 3.87. The SMILES string of the molecule is COc1cc(C(F)(F)F)c(C2CCNC2)cc1Br. The number of rotatable bonds is 2. The second-order valence-electron chi connectivity index (χ2n) is 4.26. The predicted molar refractivity (Wildman–Crippen MR) is 65.9 cm³/mol. The van der Waals surface area contributed by atoms with Crippen LogP contribution in [0.3, 0.4) is 0 Å². The third kappa shape index (κ3) is 2.64. The number of alkyl halides is 3. The van der Waals surface area contributed by atoms with Gasteiger partial charge in [0.15, 0.2) is 0 Å². The minimum absolute atomic E-state index is 0.0937. The molecule has 0 saturated carbocycles. The molecular formula is C12H13BrF3NO. The first kappa shape index (κ1) is 13.7. The van der Waals surface area contributed by atoms with Crippen LogP contribution in [0, 0.1) is 0 Å². The van der Waals surface area contributed by atoms with Gasteiger partial charge < -0.3 is 10.1 Å². The van der Waals surface area contributed by atoms with Crippen molar-refractivity contribution in [2.75, 3.05) is 20.2 Å². The van der Waals surface area contributed by atoms with E-state index in [1.807, 2.05) is 0 Å². The quantitative estimate of drug-likeness (QED) is 0.898. The Morgan fingerprint density at radius 1 is 1.39 bits per heavy atom. The van der Waals surface area contributed by atoms with E-state index in [-0.39, 0.29) is 11.7 Å². The number of hydrogen-bond donors (Lipinski definition) is 1. The smallest absolute Gasteiger partial charge is 0.416 e. The van der Waals surface area contributed by atoms with Gasteiger partial charge in [-0.25, -0.2) is 0 Å². The fourth-order valence-electron chi connectivity index (χ4n) is 2.23. The van der Waals surface area contributed by atoms with E-state index in [1.165, 1.54) is 13.2 Å². The van der Waals surface area contributed by atoms with Gasteiger partial charge in [-0.2, -0.15) is 13.2 Å². The summed E-state index contributed by atoms with van der Waals surface area (Å²) in [4.78, 5) is 0. The van der Waals surface area contributed by atoms with Gasteiger partial charge in [-0.1, -0.05) is 0 Å². The van der Waals surface area contributed by atoms with Crippen molar-refractivity contribution in [3.05, 3.63) is 27.7 Å². The summed E-state index contributed by atoms with van der Waals surface area (Å²) in [5.41, 5.74) is -0.267. The number of hydrogen-bond acceptors (Lipinski definition) is 2. The first-order chi connectivity index (χ1) is 8.43. The van der Waals surface area contributed by atoms with Crippen LogP contribution < -0.4 is 10.1 Å². The summed E-state index contributed by atoms with van der Waals surface area (Å²) in [6, 6.07) is 2.59. The van der Waals surface area contributed by atoms with E-state index in [0.29, 0.717) is 16.6 Å². The number of nitrogens with one attached hydrogen (secondary N) is 1. The van der Waals surface area contributed by atoms with E-state index < -0.39 is 11.7 Å². The molecule has 1 unspecified atom stereocenters. The largest absolute Gasteiger partial charge is 0.496 e. The minimum Gasteiger partial charge on any atom is -0.496 e. The van der Waals surface area contributed by atoms with Crippen LogP contribution in [0.1, 0.15) is 23.5 Å². The second-order valence-corrected chi connectivity index (χ2v) is 5.12. The van der Waals surface area contributed by atoms with Crippen molar-refractivity contribution in [3.8, 4) is 5.75 Å². The maximum atomic E-state index is 13.1. The molecule has 0 amide bonds. The van der Waals surface area contributed by atoms with Gasteiger partial charge in [-0.15, -0.1) is 0 Å². The fourth-order valence-corrected chi connectivity index (χ4v) is 2.75. The third-order valence-electron chi connectivity index (χ3n) is 3.13. The van der Waals surface area contributed by atoms with Crippen molar-refractivity contribution < 1.29 is 17.9 Å². The second kappa shape index (κ2) is 5.09. The van der Waals surface area contributed by atoms with Crippen molar-refractivity contribution in [1.29, 1.82) is 0 Å². The summed E-state index contributed by atoms with van der Waals surface area (Å²) in [7, 11) is 1.36. The van der Waals surface area contributed by atoms with Gasteiger partial charge >= 0.3 is 6.18 Å². The summed E-state index contributed by atoms with van der Waals surface area (Å²) < 4.78 is 44.7. The van der Waals surface area contributed by atoms with E-state index in [1.54, 1.807) is 0 Å². The lowest BCUT2D eigenvalue weighted by Crippen LogP contribution is -2.14. The summed E-state index contributed by atoms with van der Waals surface area (Å²) in [6.45, 7) is 1.34. The highest BCUT2D eigenvalue weighted by molar-refractivity contribution is 9.10. The molecule has 18 heavy (non-hydrogen) atoms. The zero-order valence-corrected chi connectivity index (χ0v) is 11.4. The molecule has 1 heterocycles. The molecular weight excluding hydrogens is 311 g/mol. The Morgan fingerprint density at radius 3 is 2.61 bits per heavy atom. The van der Waals surface area contributed by atoms with E-state index in [9.17, 15) is 13.2 Å². The molecule has 1 aliphatic rings. The highest BCUT2D eigenvalue weighted by atomic mass is 79.9. The topological polar surface area (TPSA) is 21.3 Å². The van der Waals surface area contributed by atoms with Gasteiger partial charge in [-0.05, 0) is 52.5 Å². The Labute approximate surface area is 112 Å². The molecule has 1 fully saturated rings. The van der Waals surface area contributed by atoms with Crippen LogP contribution in [0.5, 0.6) is 5.75 Å². The summed E-state index contributed by atoms with van der Waals surface area (Å²) >= 11 is 3.24. The van der Waals surface area contributed by atoms with Crippen molar-refractivity contribution in [2.45, 2.75) is 18.5 Å².